The van der Waals surface area contributed by atoms with E-state index in [-0.39, 0.29) is 11.8 Å². The average Bonchev–Trinajstić information content (AvgIpc) is 2.66. The number of carbonyl (C=O) groups excluding carboxylic acids is 3. The summed E-state index contributed by atoms with van der Waals surface area (Å²) < 4.78 is 0. The molecule has 0 saturated carbocycles. The van der Waals surface area contributed by atoms with Gasteiger partial charge in [-0.25, -0.2) is 0 Å². The zero-order valence-corrected chi connectivity index (χ0v) is 16.8. The lowest BCUT2D eigenvalue weighted by atomic mass is 10.1. The van der Waals surface area contributed by atoms with Crippen molar-refractivity contribution in [1.29, 1.82) is 0 Å². The van der Waals surface area contributed by atoms with Gasteiger partial charge in [0.2, 0.25) is 17.7 Å². The molecule has 0 spiro atoms. The fraction of sp³-hybridized carbons (Fsp3) is 0.833. The van der Waals surface area contributed by atoms with Gasteiger partial charge in [-0.15, -0.1) is 0 Å². The normalized spacial score (nSPS) is 14.1. The summed E-state index contributed by atoms with van der Waals surface area (Å²) in [5.74, 6) is -0.879. The summed E-state index contributed by atoms with van der Waals surface area (Å²) in [5.41, 5.74) is 27.7. The third-order valence-electron chi connectivity index (χ3n) is 4.49. The lowest BCUT2D eigenvalue weighted by Crippen LogP contribution is -2.42. The molecule has 0 aliphatic carbocycles. The summed E-state index contributed by atoms with van der Waals surface area (Å²) in [7, 11) is 0. The highest BCUT2D eigenvalue weighted by atomic mass is 16.2. The average molecular weight is 402 g/mol. The molecule has 0 heterocycles. The van der Waals surface area contributed by atoms with Crippen LogP contribution in [0.3, 0.4) is 0 Å². The minimum Gasteiger partial charge on any atom is -0.368 e. The van der Waals surface area contributed by atoms with Crippen molar-refractivity contribution in [2.45, 2.75) is 75.9 Å². The Bertz CT molecular complexity index is 462. The Kier molecular flexibility index (Phi) is 15.2. The lowest BCUT2D eigenvalue weighted by molar-refractivity contribution is -0.123. The number of primary amides is 1. The van der Waals surface area contributed by atoms with Gasteiger partial charge in [0.05, 0.1) is 18.1 Å². The van der Waals surface area contributed by atoms with Crippen LogP contribution in [0.5, 0.6) is 0 Å². The molecule has 10 nitrogen and oxygen atoms in total. The molecule has 1 unspecified atom stereocenters. The maximum atomic E-state index is 11.9. The van der Waals surface area contributed by atoms with Gasteiger partial charge in [-0.2, -0.15) is 0 Å². The molecule has 0 aromatic carbocycles. The first-order chi connectivity index (χ1) is 13.3. The molecule has 0 bridgehead atoms. The molecule has 0 aliphatic heterocycles. The topological polar surface area (TPSA) is 205 Å². The predicted octanol–water partition coefficient (Wildman–Crippen LogP) is -1.84. The summed E-state index contributed by atoms with van der Waals surface area (Å²) in [6.07, 6.45) is 6.23. The molecule has 0 radical (unpaired) electrons. The van der Waals surface area contributed by atoms with Crippen LogP contribution in [0.1, 0.15) is 57.8 Å². The Balaban J connectivity index is 3.69. The van der Waals surface area contributed by atoms with Crippen LogP contribution in [0, 0.1) is 0 Å². The molecule has 12 N–H and O–H groups in total. The Morgan fingerprint density at radius 2 is 1.04 bits per heavy atom. The van der Waals surface area contributed by atoms with E-state index in [0.29, 0.717) is 51.7 Å². The van der Waals surface area contributed by atoms with E-state index in [1.807, 2.05) is 0 Å². The monoisotopic (exact) mass is 401 g/mol. The predicted molar refractivity (Wildman–Crippen MR) is 110 cm³/mol. The number of nitrogens with one attached hydrogen (secondary N) is 2. The number of nitrogens with two attached hydrogens (primary N) is 5. The molecule has 0 fully saturated rings. The lowest BCUT2D eigenvalue weighted by Gasteiger charge is -2.14. The molecule has 0 rings (SSSR count). The van der Waals surface area contributed by atoms with Crippen LogP contribution in [0.15, 0.2) is 0 Å². The Morgan fingerprint density at radius 3 is 1.43 bits per heavy atom. The van der Waals surface area contributed by atoms with Crippen molar-refractivity contribution in [3.8, 4) is 0 Å². The molecule has 28 heavy (non-hydrogen) atoms. The maximum absolute atomic E-state index is 11.9. The third kappa shape index (κ3) is 13.4. The highest BCUT2D eigenvalue weighted by Crippen LogP contribution is 2.01. The smallest absolute Gasteiger partial charge is 0.236 e. The van der Waals surface area contributed by atoms with Crippen LogP contribution in [-0.2, 0) is 14.4 Å². The largest absolute Gasteiger partial charge is 0.368 e. The van der Waals surface area contributed by atoms with E-state index in [4.69, 9.17) is 28.7 Å². The van der Waals surface area contributed by atoms with Crippen molar-refractivity contribution >= 4 is 17.7 Å². The van der Waals surface area contributed by atoms with E-state index in [1.54, 1.807) is 0 Å². The van der Waals surface area contributed by atoms with Crippen molar-refractivity contribution in [1.82, 2.24) is 10.6 Å². The molecule has 0 aromatic heterocycles. The van der Waals surface area contributed by atoms with E-state index in [2.05, 4.69) is 10.6 Å². The van der Waals surface area contributed by atoms with Crippen LogP contribution in [-0.4, -0.2) is 55.5 Å². The summed E-state index contributed by atoms with van der Waals surface area (Å²) in [5, 5.41) is 5.57. The Morgan fingerprint density at radius 1 is 0.643 bits per heavy atom. The third-order valence-corrected chi connectivity index (χ3v) is 4.49. The minimum atomic E-state index is -0.640. The highest BCUT2D eigenvalue weighted by molar-refractivity contribution is 5.81. The van der Waals surface area contributed by atoms with Gasteiger partial charge in [-0.3, -0.25) is 14.4 Å². The van der Waals surface area contributed by atoms with Gasteiger partial charge in [0.1, 0.15) is 0 Å². The van der Waals surface area contributed by atoms with Gasteiger partial charge in [0, 0.05) is 13.1 Å². The van der Waals surface area contributed by atoms with Gasteiger partial charge in [-0.1, -0.05) is 6.42 Å². The number of hydrogen-bond donors (Lipinski definition) is 7. The van der Waals surface area contributed by atoms with Crippen LogP contribution >= 0.6 is 0 Å². The van der Waals surface area contributed by atoms with E-state index >= 15 is 0 Å². The SMILES string of the molecule is NCCCC[C@H](N)C(=O)NCCCC[C@H](N)C(=O)NCCCCC(N)C(N)=O. The van der Waals surface area contributed by atoms with Crippen LogP contribution in [0.25, 0.3) is 0 Å². The van der Waals surface area contributed by atoms with Gasteiger partial charge in [0.15, 0.2) is 0 Å². The first-order valence-electron chi connectivity index (χ1n) is 10.1. The van der Waals surface area contributed by atoms with Crippen molar-refractivity contribution in [3.63, 3.8) is 0 Å². The van der Waals surface area contributed by atoms with E-state index in [1.165, 1.54) is 0 Å². The van der Waals surface area contributed by atoms with Crippen LogP contribution < -0.4 is 39.3 Å². The van der Waals surface area contributed by atoms with Gasteiger partial charge < -0.3 is 39.3 Å². The van der Waals surface area contributed by atoms with E-state index in [9.17, 15) is 14.4 Å². The van der Waals surface area contributed by atoms with Crippen molar-refractivity contribution < 1.29 is 14.4 Å². The summed E-state index contributed by atoms with van der Waals surface area (Å²) in [6.45, 7) is 1.60. The number of hydrogen-bond acceptors (Lipinski definition) is 7. The summed E-state index contributed by atoms with van der Waals surface area (Å²) in [6, 6.07) is -1.72. The van der Waals surface area contributed by atoms with Crippen molar-refractivity contribution in [2.24, 2.45) is 28.7 Å². The minimum absolute atomic E-state index is 0.157. The zero-order chi connectivity index (χ0) is 21.4. The molecular formula is C18H39N7O3. The van der Waals surface area contributed by atoms with Crippen LogP contribution in [0.4, 0.5) is 0 Å². The number of unbranched alkanes of at least 4 members (excludes halogenated alkanes) is 3. The van der Waals surface area contributed by atoms with Gasteiger partial charge in [-0.05, 0) is 57.9 Å². The highest BCUT2D eigenvalue weighted by Gasteiger charge is 2.14. The fourth-order valence-corrected chi connectivity index (χ4v) is 2.58. The first-order valence-corrected chi connectivity index (χ1v) is 10.1. The van der Waals surface area contributed by atoms with Crippen molar-refractivity contribution in [2.75, 3.05) is 19.6 Å². The number of rotatable bonds is 17. The molecule has 3 atom stereocenters. The molecule has 0 aromatic rings. The van der Waals surface area contributed by atoms with Crippen molar-refractivity contribution in [3.05, 3.63) is 0 Å². The second-order valence-electron chi connectivity index (χ2n) is 7.08. The molecule has 164 valence electrons. The zero-order valence-electron chi connectivity index (χ0n) is 16.8. The molecular weight excluding hydrogens is 362 g/mol. The molecule has 10 heteroatoms. The van der Waals surface area contributed by atoms with Gasteiger partial charge in [0.25, 0.3) is 0 Å². The van der Waals surface area contributed by atoms with Crippen LogP contribution in [0.2, 0.25) is 0 Å². The molecule has 3 amide bonds. The standard InChI is InChI=1S/C18H39N7O3/c19-10-4-1-8-14(21)17(27)25-12-6-3-9-15(22)18(28)24-11-5-2-7-13(20)16(23)26/h13-15H,1-12,19-22H2,(H2,23,26)(H,24,28)(H,25,27)/t13?,14-,15-/m0/s1. The Hall–Kier alpha value is -1.75. The maximum Gasteiger partial charge on any atom is 0.236 e. The first kappa shape index (κ1) is 26.2. The number of amides is 3. The van der Waals surface area contributed by atoms with E-state index in [0.717, 1.165) is 25.7 Å². The number of carbonyl (C=O) groups is 3. The second-order valence-corrected chi connectivity index (χ2v) is 7.08. The fourth-order valence-electron chi connectivity index (χ4n) is 2.58. The molecule has 0 aliphatic rings. The molecule has 0 saturated heterocycles. The summed E-state index contributed by atoms with van der Waals surface area (Å²) >= 11 is 0. The second kappa shape index (κ2) is 16.2. The quantitative estimate of drug-likeness (QED) is 0.138. The van der Waals surface area contributed by atoms with Gasteiger partial charge >= 0.3 is 0 Å². The van der Waals surface area contributed by atoms with E-state index < -0.39 is 24.0 Å². The Labute approximate surface area is 167 Å². The summed E-state index contributed by atoms with van der Waals surface area (Å²) in [4.78, 5) is 34.5.